The van der Waals surface area contributed by atoms with Crippen LogP contribution >= 0.6 is 0 Å². The molecule has 1 atom stereocenters. The van der Waals surface area contributed by atoms with Gasteiger partial charge in [0.05, 0.1) is 30.5 Å². The van der Waals surface area contributed by atoms with Gasteiger partial charge in [0.2, 0.25) is 0 Å². The van der Waals surface area contributed by atoms with E-state index < -0.39 is 0 Å². The molecule has 3 rings (SSSR count). The Labute approximate surface area is 137 Å². The number of carbonyl (C=O) groups is 1. The molecule has 0 aromatic rings. The maximum Gasteiger partial charge on any atom is 0.255 e. The molecular formula is C18H25N3O2. The van der Waals surface area contributed by atoms with Crippen LogP contribution in [0.2, 0.25) is 0 Å². The zero-order valence-electron chi connectivity index (χ0n) is 14.1. The van der Waals surface area contributed by atoms with Gasteiger partial charge < -0.3 is 15.4 Å². The smallest absolute Gasteiger partial charge is 0.255 e. The van der Waals surface area contributed by atoms with E-state index in [4.69, 9.17) is 9.73 Å². The van der Waals surface area contributed by atoms with Gasteiger partial charge >= 0.3 is 0 Å². The van der Waals surface area contributed by atoms with Crippen molar-refractivity contribution >= 4 is 11.6 Å². The van der Waals surface area contributed by atoms with Gasteiger partial charge in [0.25, 0.3) is 5.91 Å². The molecule has 2 fully saturated rings. The Morgan fingerprint density at radius 3 is 2.83 bits per heavy atom. The maximum atomic E-state index is 12.7. The molecule has 23 heavy (non-hydrogen) atoms. The summed E-state index contributed by atoms with van der Waals surface area (Å²) in [5, 5.41) is 6.11. The van der Waals surface area contributed by atoms with Crippen molar-refractivity contribution in [2.24, 2.45) is 16.3 Å². The van der Waals surface area contributed by atoms with Gasteiger partial charge in [-0.2, -0.15) is 0 Å². The lowest BCUT2D eigenvalue weighted by Gasteiger charge is -2.25. The molecule has 2 N–H and O–H groups in total. The second-order valence-electron chi connectivity index (χ2n) is 7.16. The van der Waals surface area contributed by atoms with E-state index >= 15 is 0 Å². The van der Waals surface area contributed by atoms with Crippen LogP contribution in [0.3, 0.4) is 0 Å². The molecule has 1 saturated carbocycles. The predicted molar refractivity (Wildman–Crippen MR) is 90.8 cm³/mol. The van der Waals surface area contributed by atoms with Gasteiger partial charge in [0, 0.05) is 23.2 Å². The van der Waals surface area contributed by atoms with Gasteiger partial charge in [0.1, 0.15) is 5.71 Å². The topological polar surface area (TPSA) is 62.7 Å². The third-order valence-corrected chi connectivity index (χ3v) is 4.72. The summed E-state index contributed by atoms with van der Waals surface area (Å²) < 4.78 is 5.50. The molecule has 1 aliphatic carbocycles. The number of carbonyl (C=O) groups excluding carboxylic acids is 1. The van der Waals surface area contributed by atoms with Gasteiger partial charge in [-0.25, -0.2) is 0 Å². The first-order chi connectivity index (χ1) is 10.9. The maximum absolute atomic E-state index is 12.7. The van der Waals surface area contributed by atoms with Crippen molar-refractivity contribution in [3.8, 4) is 0 Å². The number of allylic oxidation sites excluding steroid dienone is 3. The van der Waals surface area contributed by atoms with Gasteiger partial charge in [-0.15, -0.1) is 0 Å². The van der Waals surface area contributed by atoms with E-state index in [2.05, 4.69) is 31.1 Å². The third kappa shape index (κ3) is 3.24. The molecule has 1 unspecified atom stereocenters. The Hall–Kier alpha value is -1.88. The van der Waals surface area contributed by atoms with Crippen LogP contribution in [0.4, 0.5) is 0 Å². The lowest BCUT2D eigenvalue weighted by atomic mass is 9.87. The Balaban J connectivity index is 1.76. The van der Waals surface area contributed by atoms with Crippen molar-refractivity contribution in [2.45, 2.75) is 39.7 Å². The molecule has 124 valence electrons. The van der Waals surface area contributed by atoms with E-state index in [1.807, 2.05) is 13.0 Å². The van der Waals surface area contributed by atoms with E-state index in [9.17, 15) is 4.79 Å². The Bertz CT molecular complexity index is 624. The predicted octanol–water partition coefficient (Wildman–Crippen LogP) is 2.28. The number of aliphatic imine (C=N–C) groups is 1. The van der Waals surface area contributed by atoms with Gasteiger partial charge in [0.15, 0.2) is 0 Å². The average Bonchev–Trinajstić information content (AvgIpc) is 3.20. The lowest BCUT2D eigenvalue weighted by Crippen LogP contribution is -2.45. The fraction of sp³-hybridized carbons (Fsp3) is 0.556. The summed E-state index contributed by atoms with van der Waals surface area (Å²) in [6, 6.07) is 0.00985. The van der Waals surface area contributed by atoms with Crippen LogP contribution in [0.5, 0.6) is 0 Å². The molecule has 5 heteroatoms. The number of hydrogen-bond acceptors (Lipinski definition) is 4. The third-order valence-electron chi connectivity index (χ3n) is 4.72. The summed E-state index contributed by atoms with van der Waals surface area (Å²) in [5.74, 6) is 0.414. The van der Waals surface area contributed by atoms with Crippen LogP contribution < -0.4 is 10.6 Å². The monoisotopic (exact) mass is 315 g/mol. The molecule has 0 radical (unpaired) electrons. The van der Waals surface area contributed by atoms with Crippen molar-refractivity contribution in [3.63, 3.8) is 0 Å². The molecule has 0 aromatic carbocycles. The molecule has 5 nitrogen and oxygen atoms in total. The van der Waals surface area contributed by atoms with E-state index in [1.165, 1.54) is 12.8 Å². The van der Waals surface area contributed by atoms with E-state index in [0.717, 1.165) is 5.70 Å². The highest BCUT2D eigenvalue weighted by molar-refractivity contribution is 6.29. The minimum atomic E-state index is -0.121. The van der Waals surface area contributed by atoms with Crippen LogP contribution in [-0.4, -0.2) is 30.9 Å². The molecule has 1 amide bonds. The first kappa shape index (κ1) is 16.0. The van der Waals surface area contributed by atoms with Crippen molar-refractivity contribution < 1.29 is 9.53 Å². The zero-order chi connectivity index (χ0) is 16.6. The van der Waals surface area contributed by atoms with Crippen LogP contribution in [0.1, 0.15) is 33.6 Å². The average molecular weight is 315 g/mol. The molecule has 0 aromatic heterocycles. The highest BCUT2D eigenvalue weighted by atomic mass is 16.5. The van der Waals surface area contributed by atoms with E-state index in [1.54, 1.807) is 6.20 Å². The van der Waals surface area contributed by atoms with Crippen molar-refractivity contribution in [1.82, 2.24) is 10.6 Å². The summed E-state index contributed by atoms with van der Waals surface area (Å²) >= 11 is 0. The summed E-state index contributed by atoms with van der Waals surface area (Å²) in [7, 11) is 0. The Kier molecular flexibility index (Phi) is 4.15. The number of nitrogens with one attached hydrogen (secondary N) is 2. The Morgan fingerprint density at radius 1 is 1.52 bits per heavy atom. The number of nitrogens with zero attached hydrogens (tertiary/aromatic N) is 1. The lowest BCUT2D eigenvalue weighted by molar-refractivity contribution is -0.118. The van der Waals surface area contributed by atoms with Gasteiger partial charge in [-0.05, 0) is 19.8 Å². The van der Waals surface area contributed by atoms with Gasteiger partial charge in [-0.1, -0.05) is 26.5 Å². The second kappa shape index (κ2) is 5.96. The fourth-order valence-electron chi connectivity index (χ4n) is 2.90. The standard InChI is InChI=1S/C18H25N3O2/c1-5-14(12-6-7-12)20-16-11(2)19-8-13(16)17(22)21-15-9-23-10-18(15,3)4/h5,8,12,15,19H,2,6-7,9-10H2,1,3-4H3,(H,21,22)/b14-5-,20-16+. The normalized spacial score (nSPS) is 28.7. The molecule has 2 heterocycles. The SMILES string of the molecule is C=C1NC=C(C(=O)NC2COCC2(C)C)/C1=N/C(=C\C)C1CC1. The van der Waals surface area contributed by atoms with Crippen LogP contribution in [0.15, 0.2) is 40.8 Å². The van der Waals surface area contributed by atoms with E-state index in [0.29, 0.717) is 36.1 Å². The van der Waals surface area contributed by atoms with Crippen LogP contribution in [0, 0.1) is 11.3 Å². The fourth-order valence-corrected chi connectivity index (χ4v) is 2.90. The quantitative estimate of drug-likeness (QED) is 0.836. The Morgan fingerprint density at radius 2 is 2.26 bits per heavy atom. The van der Waals surface area contributed by atoms with Crippen molar-refractivity contribution in [3.05, 3.63) is 35.8 Å². The number of amides is 1. The first-order valence-electron chi connectivity index (χ1n) is 8.22. The van der Waals surface area contributed by atoms with Crippen LogP contribution in [0.25, 0.3) is 0 Å². The first-order valence-corrected chi connectivity index (χ1v) is 8.22. The largest absolute Gasteiger partial charge is 0.379 e. The summed E-state index contributed by atoms with van der Waals surface area (Å²) in [6.45, 7) is 11.4. The summed E-state index contributed by atoms with van der Waals surface area (Å²) in [4.78, 5) is 17.4. The number of rotatable bonds is 4. The van der Waals surface area contributed by atoms with E-state index in [-0.39, 0.29) is 17.4 Å². The van der Waals surface area contributed by atoms with Crippen molar-refractivity contribution in [2.75, 3.05) is 13.2 Å². The van der Waals surface area contributed by atoms with Gasteiger partial charge in [-0.3, -0.25) is 9.79 Å². The number of ether oxygens (including phenoxy) is 1. The highest BCUT2D eigenvalue weighted by Crippen LogP contribution is 2.37. The molecule has 1 saturated heterocycles. The number of hydrogen-bond donors (Lipinski definition) is 2. The van der Waals surface area contributed by atoms with Crippen LogP contribution in [-0.2, 0) is 9.53 Å². The molecule has 0 bridgehead atoms. The minimum absolute atomic E-state index is 0.00985. The molecular weight excluding hydrogens is 290 g/mol. The molecule has 2 aliphatic heterocycles. The highest BCUT2D eigenvalue weighted by Gasteiger charge is 2.38. The molecule has 0 spiro atoms. The molecule has 3 aliphatic rings. The second-order valence-corrected chi connectivity index (χ2v) is 7.16. The summed E-state index contributed by atoms with van der Waals surface area (Å²) in [6.07, 6.45) is 6.07. The van der Waals surface area contributed by atoms with Crippen molar-refractivity contribution in [1.29, 1.82) is 0 Å². The minimum Gasteiger partial charge on any atom is -0.379 e. The summed E-state index contributed by atoms with van der Waals surface area (Å²) in [5.41, 5.74) is 2.88. The zero-order valence-corrected chi connectivity index (χ0v) is 14.1.